The van der Waals surface area contributed by atoms with E-state index in [0.29, 0.717) is 15.7 Å². The molecule has 18 heavy (non-hydrogen) atoms. The summed E-state index contributed by atoms with van der Waals surface area (Å²) < 4.78 is 13.5. The maximum Gasteiger partial charge on any atom is 0.151 e. The average Bonchev–Trinajstić information content (AvgIpc) is 2.37. The molecule has 90 valence electrons. The fraction of sp³-hybridized carbons (Fsp3) is 0.0833. The first-order valence-corrected chi connectivity index (χ1v) is 6.12. The largest absolute Gasteiger partial charge is 0.206 e. The third kappa shape index (κ3) is 2.66. The lowest BCUT2D eigenvalue weighted by atomic mass is 9.97. The first-order valence-electron chi connectivity index (χ1n) is 4.95. The van der Waals surface area contributed by atoms with Gasteiger partial charge >= 0.3 is 0 Å². The standard InChI is InChI=1S/C12H6BrClFN3/c13-9-5-7(1-2-10(9)15)8(6-16)11-3-4-12(14)18-17-11/h1-5,8H. The maximum absolute atomic E-state index is 13.1. The fourth-order valence-electron chi connectivity index (χ4n) is 1.48. The molecule has 0 saturated carbocycles. The van der Waals surface area contributed by atoms with Crippen LogP contribution in [0.3, 0.4) is 0 Å². The summed E-state index contributed by atoms with van der Waals surface area (Å²) in [5.74, 6) is -0.982. The fourth-order valence-corrected chi connectivity index (χ4v) is 1.98. The zero-order valence-corrected chi connectivity index (χ0v) is 11.3. The van der Waals surface area contributed by atoms with E-state index in [-0.39, 0.29) is 11.0 Å². The molecule has 0 spiro atoms. The molecule has 0 aliphatic heterocycles. The van der Waals surface area contributed by atoms with Gasteiger partial charge in [-0.1, -0.05) is 17.7 Å². The molecule has 2 rings (SSSR count). The predicted octanol–water partition coefficient (Wildman–Crippen LogP) is 3.69. The molecule has 1 heterocycles. The highest BCUT2D eigenvalue weighted by Crippen LogP contribution is 2.26. The monoisotopic (exact) mass is 325 g/mol. The van der Waals surface area contributed by atoms with Gasteiger partial charge in [0.05, 0.1) is 16.2 Å². The first kappa shape index (κ1) is 12.9. The Morgan fingerprint density at radius 3 is 2.61 bits per heavy atom. The third-order valence-electron chi connectivity index (χ3n) is 2.35. The minimum Gasteiger partial charge on any atom is -0.206 e. The van der Waals surface area contributed by atoms with Crippen LogP contribution in [0.25, 0.3) is 0 Å². The third-order valence-corrected chi connectivity index (χ3v) is 3.16. The van der Waals surface area contributed by atoms with Crippen LogP contribution >= 0.6 is 27.5 Å². The lowest BCUT2D eigenvalue weighted by Gasteiger charge is -2.09. The van der Waals surface area contributed by atoms with E-state index in [1.165, 1.54) is 6.07 Å². The molecular weight excluding hydrogens is 321 g/mol. The number of nitriles is 1. The molecule has 0 bridgehead atoms. The minimum absolute atomic E-state index is 0.260. The van der Waals surface area contributed by atoms with Crippen molar-refractivity contribution >= 4 is 27.5 Å². The summed E-state index contributed by atoms with van der Waals surface area (Å²) in [5, 5.41) is 17.0. The molecule has 0 aliphatic rings. The highest BCUT2D eigenvalue weighted by molar-refractivity contribution is 9.10. The summed E-state index contributed by atoms with van der Waals surface area (Å²) in [5.41, 5.74) is 1.11. The molecule has 0 radical (unpaired) electrons. The summed E-state index contributed by atoms with van der Waals surface area (Å²) in [4.78, 5) is 0. The summed E-state index contributed by atoms with van der Waals surface area (Å²) >= 11 is 8.72. The smallest absolute Gasteiger partial charge is 0.151 e. The van der Waals surface area contributed by atoms with Crippen molar-refractivity contribution in [3.8, 4) is 6.07 Å². The number of rotatable bonds is 2. The Kier molecular flexibility index (Phi) is 3.90. The van der Waals surface area contributed by atoms with Gasteiger partial charge in [0.15, 0.2) is 5.15 Å². The molecule has 2 aromatic rings. The highest BCUT2D eigenvalue weighted by Gasteiger charge is 2.16. The van der Waals surface area contributed by atoms with E-state index in [1.54, 1.807) is 24.3 Å². The Labute approximate surface area is 116 Å². The lowest BCUT2D eigenvalue weighted by Crippen LogP contribution is -2.02. The lowest BCUT2D eigenvalue weighted by molar-refractivity contribution is 0.620. The van der Waals surface area contributed by atoms with Gasteiger partial charge in [-0.2, -0.15) is 10.4 Å². The predicted molar refractivity (Wildman–Crippen MR) is 68.6 cm³/mol. The zero-order valence-electron chi connectivity index (χ0n) is 8.94. The molecular formula is C12H6BrClFN3. The molecule has 3 nitrogen and oxygen atoms in total. The summed E-state index contributed by atoms with van der Waals surface area (Å²) in [6.45, 7) is 0. The Bertz CT molecular complexity index is 610. The molecule has 0 amide bonds. The van der Waals surface area contributed by atoms with Gasteiger partial charge in [-0.05, 0) is 45.8 Å². The van der Waals surface area contributed by atoms with Crippen molar-refractivity contribution in [3.05, 3.63) is 57.0 Å². The van der Waals surface area contributed by atoms with E-state index in [0.717, 1.165) is 0 Å². The van der Waals surface area contributed by atoms with Crippen LogP contribution in [0.5, 0.6) is 0 Å². The second-order valence-corrected chi connectivity index (χ2v) is 4.76. The van der Waals surface area contributed by atoms with Crippen molar-refractivity contribution in [2.24, 2.45) is 0 Å². The second-order valence-electron chi connectivity index (χ2n) is 3.52. The van der Waals surface area contributed by atoms with Crippen LogP contribution in [-0.4, -0.2) is 10.2 Å². The van der Waals surface area contributed by atoms with Crippen LogP contribution in [0, 0.1) is 17.1 Å². The van der Waals surface area contributed by atoms with Crippen molar-refractivity contribution in [3.63, 3.8) is 0 Å². The van der Waals surface area contributed by atoms with Gasteiger partial charge in [-0.15, -0.1) is 5.10 Å². The highest BCUT2D eigenvalue weighted by atomic mass is 79.9. The molecule has 0 N–H and O–H groups in total. The van der Waals surface area contributed by atoms with Gasteiger partial charge in [-0.3, -0.25) is 0 Å². The van der Waals surface area contributed by atoms with E-state index in [2.05, 4.69) is 32.2 Å². The van der Waals surface area contributed by atoms with Crippen LogP contribution in [-0.2, 0) is 0 Å². The van der Waals surface area contributed by atoms with Gasteiger partial charge in [0.25, 0.3) is 0 Å². The quantitative estimate of drug-likeness (QED) is 0.845. The Morgan fingerprint density at radius 1 is 1.28 bits per heavy atom. The van der Waals surface area contributed by atoms with Gasteiger partial charge in [0, 0.05) is 0 Å². The van der Waals surface area contributed by atoms with Crippen LogP contribution < -0.4 is 0 Å². The Hall–Kier alpha value is -1.51. The van der Waals surface area contributed by atoms with Gasteiger partial charge in [0.2, 0.25) is 0 Å². The van der Waals surface area contributed by atoms with E-state index in [9.17, 15) is 9.65 Å². The normalized spacial score (nSPS) is 11.9. The molecule has 1 aromatic carbocycles. The molecule has 6 heteroatoms. The van der Waals surface area contributed by atoms with E-state index < -0.39 is 5.92 Å². The van der Waals surface area contributed by atoms with Gasteiger partial charge in [0.1, 0.15) is 11.7 Å². The van der Waals surface area contributed by atoms with Crippen LogP contribution in [0.1, 0.15) is 17.2 Å². The van der Waals surface area contributed by atoms with Gasteiger partial charge in [-0.25, -0.2) is 4.39 Å². The molecule has 1 atom stereocenters. The van der Waals surface area contributed by atoms with Crippen molar-refractivity contribution < 1.29 is 4.39 Å². The molecule has 1 unspecified atom stereocenters. The number of nitrogens with zero attached hydrogens (tertiary/aromatic N) is 3. The molecule has 1 aromatic heterocycles. The van der Waals surface area contributed by atoms with Crippen LogP contribution in [0.15, 0.2) is 34.8 Å². The number of hydrogen-bond acceptors (Lipinski definition) is 3. The number of aromatic nitrogens is 2. The number of benzene rings is 1. The minimum atomic E-state index is -0.605. The zero-order chi connectivity index (χ0) is 13.1. The van der Waals surface area contributed by atoms with E-state index in [1.807, 2.05) is 0 Å². The molecule has 0 fully saturated rings. The maximum atomic E-state index is 13.1. The van der Waals surface area contributed by atoms with Gasteiger partial charge < -0.3 is 0 Å². The van der Waals surface area contributed by atoms with Crippen molar-refractivity contribution in [1.82, 2.24) is 10.2 Å². The van der Waals surface area contributed by atoms with E-state index >= 15 is 0 Å². The number of halogens is 3. The summed E-state index contributed by atoms with van der Waals surface area (Å²) in [6, 6.07) is 9.70. The average molecular weight is 327 g/mol. The second kappa shape index (κ2) is 5.42. The van der Waals surface area contributed by atoms with Crippen LogP contribution in [0.4, 0.5) is 4.39 Å². The van der Waals surface area contributed by atoms with Crippen LogP contribution in [0.2, 0.25) is 5.15 Å². The van der Waals surface area contributed by atoms with Crippen molar-refractivity contribution in [2.45, 2.75) is 5.92 Å². The van der Waals surface area contributed by atoms with Crippen molar-refractivity contribution in [1.29, 1.82) is 5.26 Å². The molecule has 0 saturated heterocycles. The first-order chi connectivity index (χ1) is 8.61. The van der Waals surface area contributed by atoms with E-state index in [4.69, 9.17) is 11.6 Å². The topological polar surface area (TPSA) is 49.6 Å². The summed E-state index contributed by atoms with van der Waals surface area (Å²) in [6.07, 6.45) is 0. The Balaban J connectivity index is 2.42. The molecule has 0 aliphatic carbocycles. The summed E-state index contributed by atoms with van der Waals surface area (Å²) in [7, 11) is 0. The Morgan fingerprint density at radius 2 is 2.06 bits per heavy atom. The number of hydrogen-bond donors (Lipinski definition) is 0. The SMILES string of the molecule is N#CC(c1ccc(F)c(Br)c1)c1ccc(Cl)nn1. The van der Waals surface area contributed by atoms with Crippen molar-refractivity contribution in [2.75, 3.05) is 0 Å².